The number of imidazole rings is 1. The van der Waals surface area contributed by atoms with E-state index in [4.69, 9.17) is 5.73 Å². The topological polar surface area (TPSA) is 98.2 Å². The van der Waals surface area contributed by atoms with Crippen LogP contribution in [0.5, 0.6) is 0 Å². The van der Waals surface area contributed by atoms with Crippen LogP contribution in [0.15, 0.2) is 42.4 Å². The van der Waals surface area contributed by atoms with Gasteiger partial charge in [-0.1, -0.05) is 37.8 Å². The maximum Gasteiger partial charge on any atom is 0.333 e. The fourth-order valence-electron chi connectivity index (χ4n) is 1.77. The Morgan fingerprint density at radius 1 is 1.54 bits per heavy atom. The van der Waals surface area contributed by atoms with Gasteiger partial charge in [0.25, 0.3) is 0 Å². The first-order valence-electron chi connectivity index (χ1n) is 7.36. The molecule has 0 unspecified atom stereocenters. The van der Waals surface area contributed by atoms with Gasteiger partial charge < -0.3 is 5.73 Å². The molecule has 126 valence electrons. The molecule has 2 rings (SSSR count). The van der Waals surface area contributed by atoms with Crippen LogP contribution in [0.1, 0.15) is 24.4 Å². The molecule has 0 saturated carbocycles. The Morgan fingerprint density at radius 3 is 2.88 bits per heavy atom. The summed E-state index contributed by atoms with van der Waals surface area (Å²) < 4.78 is 1.34. The van der Waals surface area contributed by atoms with Crippen molar-refractivity contribution in [1.29, 1.82) is 0 Å². The normalized spacial score (nSPS) is 12.5. The SMILES string of the molecule is C=C/C=C(\N=C(/N)C(C)C)c1sc(NC(=O)n2ccnc2)nc1C. The number of thiazole rings is 1. The minimum absolute atomic E-state index is 0.131. The maximum absolute atomic E-state index is 12.1. The largest absolute Gasteiger partial charge is 0.387 e. The number of hydrogen-bond acceptors (Lipinski definition) is 5. The van der Waals surface area contributed by atoms with Gasteiger partial charge >= 0.3 is 6.03 Å². The van der Waals surface area contributed by atoms with Crippen molar-refractivity contribution >= 4 is 34.0 Å². The molecule has 0 aromatic carbocycles. The molecule has 24 heavy (non-hydrogen) atoms. The van der Waals surface area contributed by atoms with Crippen molar-refractivity contribution in [1.82, 2.24) is 14.5 Å². The molecule has 0 radical (unpaired) electrons. The number of nitrogens with two attached hydrogens (primary N) is 1. The molecule has 0 aliphatic rings. The van der Waals surface area contributed by atoms with Gasteiger partial charge in [-0.25, -0.2) is 19.8 Å². The number of aryl methyl sites for hydroxylation is 1. The minimum Gasteiger partial charge on any atom is -0.387 e. The monoisotopic (exact) mass is 344 g/mol. The molecule has 0 spiro atoms. The maximum atomic E-state index is 12.1. The molecule has 0 saturated heterocycles. The molecule has 2 aromatic heterocycles. The smallest absolute Gasteiger partial charge is 0.333 e. The summed E-state index contributed by atoms with van der Waals surface area (Å²) in [4.78, 5) is 25.6. The Morgan fingerprint density at radius 2 is 2.29 bits per heavy atom. The van der Waals surface area contributed by atoms with Crippen LogP contribution in [0, 0.1) is 12.8 Å². The van der Waals surface area contributed by atoms with E-state index < -0.39 is 0 Å². The van der Waals surface area contributed by atoms with E-state index in [0.29, 0.717) is 16.7 Å². The summed E-state index contributed by atoms with van der Waals surface area (Å²) in [6.45, 7) is 9.52. The number of nitrogens with one attached hydrogen (secondary N) is 1. The molecule has 0 fully saturated rings. The Kier molecular flexibility index (Phi) is 5.64. The molecule has 1 amide bonds. The quantitative estimate of drug-likeness (QED) is 0.494. The van der Waals surface area contributed by atoms with Crippen molar-refractivity contribution in [2.75, 3.05) is 5.32 Å². The van der Waals surface area contributed by atoms with Gasteiger partial charge in [-0.05, 0) is 13.0 Å². The number of aliphatic imine (C=N–C) groups is 1. The molecular weight excluding hydrogens is 324 g/mol. The van der Waals surface area contributed by atoms with Crippen LogP contribution >= 0.6 is 11.3 Å². The first-order valence-corrected chi connectivity index (χ1v) is 8.18. The number of aromatic nitrogens is 3. The molecule has 0 aliphatic carbocycles. The third-order valence-electron chi connectivity index (χ3n) is 3.10. The third-order valence-corrected chi connectivity index (χ3v) is 4.19. The summed E-state index contributed by atoms with van der Waals surface area (Å²) in [7, 11) is 0. The van der Waals surface area contributed by atoms with Crippen LogP contribution < -0.4 is 11.1 Å². The fraction of sp³-hybridized carbons (Fsp3) is 0.250. The summed E-state index contributed by atoms with van der Waals surface area (Å²) in [5, 5.41) is 3.22. The van der Waals surface area contributed by atoms with Crippen molar-refractivity contribution < 1.29 is 4.79 Å². The van der Waals surface area contributed by atoms with E-state index in [1.165, 1.54) is 28.4 Å². The summed E-state index contributed by atoms with van der Waals surface area (Å²) >= 11 is 1.33. The number of rotatable bonds is 5. The molecule has 2 heterocycles. The highest BCUT2D eigenvalue weighted by Gasteiger charge is 2.15. The Bertz CT molecular complexity index is 786. The first kappa shape index (κ1) is 17.6. The number of amides is 1. The summed E-state index contributed by atoms with van der Waals surface area (Å²) in [6, 6.07) is -0.327. The average molecular weight is 344 g/mol. The minimum atomic E-state index is -0.327. The van der Waals surface area contributed by atoms with Crippen molar-refractivity contribution in [3.05, 3.63) is 48.0 Å². The van der Waals surface area contributed by atoms with Gasteiger partial charge in [-0.3, -0.25) is 9.88 Å². The summed E-state index contributed by atoms with van der Waals surface area (Å²) in [6.07, 6.45) is 7.94. The molecular formula is C16H20N6OS. The van der Waals surface area contributed by atoms with Crippen molar-refractivity contribution in [3.63, 3.8) is 0 Å². The van der Waals surface area contributed by atoms with Crippen molar-refractivity contribution in [2.45, 2.75) is 20.8 Å². The van der Waals surface area contributed by atoms with Gasteiger partial charge in [0.1, 0.15) is 12.2 Å². The zero-order chi connectivity index (χ0) is 17.7. The van der Waals surface area contributed by atoms with E-state index in [1.807, 2.05) is 20.8 Å². The zero-order valence-corrected chi connectivity index (χ0v) is 14.7. The Balaban J connectivity index is 2.29. The van der Waals surface area contributed by atoms with Gasteiger partial charge in [-0.15, -0.1) is 0 Å². The van der Waals surface area contributed by atoms with Crippen LogP contribution in [0.2, 0.25) is 0 Å². The molecule has 3 N–H and O–H groups in total. The van der Waals surface area contributed by atoms with Crippen LogP contribution in [0.4, 0.5) is 9.93 Å². The predicted octanol–water partition coefficient (Wildman–Crippen LogP) is 3.27. The lowest BCUT2D eigenvalue weighted by Crippen LogP contribution is -2.18. The lowest BCUT2D eigenvalue weighted by atomic mass is 10.2. The second kappa shape index (κ2) is 7.69. The number of nitrogens with zero attached hydrogens (tertiary/aromatic N) is 4. The van der Waals surface area contributed by atoms with Crippen LogP contribution in [-0.4, -0.2) is 26.4 Å². The van der Waals surface area contributed by atoms with Gasteiger partial charge in [0, 0.05) is 18.3 Å². The lowest BCUT2D eigenvalue weighted by molar-refractivity contribution is 0.253. The van der Waals surface area contributed by atoms with Gasteiger partial charge in [0.05, 0.1) is 16.3 Å². The van der Waals surface area contributed by atoms with E-state index in [1.54, 1.807) is 18.3 Å². The molecule has 0 atom stereocenters. The summed E-state index contributed by atoms with van der Waals surface area (Å²) in [5.41, 5.74) is 7.40. The van der Waals surface area contributed by atoms with Gasteiger partial charge in [0.15, 0.2) is 5.13 Å². The van der Waals surface area contributed by atoms with E-state index in [2.05, 4.69) is 26.9 Å². The number of amidine groups is 1. The second-order valence-corrected chi connectivity index (χ2v) is 6.31. The number of carbonyl (C=O) groups excluding carboxylic acids is 1. The Labute approximate surface area is 144 Å². The van der Waals surface area contributed by atoms with Crippen molar-refractivity contribution in [3.8, 4) is 0 Å². The highest BCUT2D eigenvalue weighted by molar-refractivity contribution is 7.17. The van der Waals surface area contributed by atoms with E-state index in [-0.39, 0.29) is 11.9 Å². The van der Waals surface area contributed by atoms with Crippen LogP contribution in [-0.2, 0) is 0 Å². The van der Waals surface area contributed by atoms with E-state index in [0.717, 1.165) is 10.6 Å². The first-order chi connectivity index (χ1) is 11.4. The molecule has 2 aromatic rings. The Hall–Kier alpha value is -2.74. The highest BCUT2D eigenvalue weighted by atomic mass is 32.1. The standard InChI is InChI=1S/C16H20N6OS/c1-5-6-12(20-14(17)10(2)3)13-11(4)19-15(24-13)21-16(23)22-8-7-18-9-22/h5-10H,1H2,2-4H3,(H2,17,20)(H,19,21,23)/b12-6-. The van der Waals surface area contributed by atoms with Gasteiger partial charge in [0.2, 0.25) is 0 Å². The lowest BCUT2D eigenvalue weighted by Gasteiger charge is -2.05. The number of hydrogen-bond donors (Lipinski definition) is 2. The van der Waals surface area contributed by atoms with Gasteiger partial charge in [-0.2, -0.15) is 0 Å². The summed E-state index contributed by atoms with van der Waals surface area (Å²) in [5.74, 6) is 0.659. The molecule has 7 nitrogen and oxygen atoms in total. The third kappa shape index (κ3) is 4.17. The van der Waals surface area contributed by atoms with E-state index >= 15 is 0 Å². The second-order valence-electron chi connectivity index (χ2n) is 5.31. The molecule has 0 aliphatic heterocycles. The number of carbonyl (C=O) groups is 1. The fourth-order valence-corrected chi connectivity index (χ4v) is 2.69. The molecule has 0 bridgehead atoms. The molecule has 8 heteroatoms. The average Bonchev–Trinajstić information content (AvgIpc) is 3.16. The highest BCUT2D eigenvalue weighted by Crippen LogP contribution is 2.30. The van der Waals surface area contributed by atoms with E-state index in [9.17, 15) is 4.79 Å². The zero-order valence-electron chi connectivity index (χ0n) is 13.9. The van der Waals surface area contributed by atoms with Crippen LogP contribution in [0.3, 0.4) is 0 Å². The van der Waals surface area contributed by atoms with Crippen molar-refractivity contribution in [2.24, 2.45) is 16.6 Å². The predicted molar refractivity (Wildman–Crippen MR) is 98.1 cm³/mol. The number of allylic oxidation sites excluding steroid dienone is 2. The number of anilines is 1. The van der Waals surface area contributed by atoms with Crippen LogP contribution in [0.25, 0.3) is 5.70 Å².